The van der Waals surface area contributed by atoms with Crippen LogP contribution in [-0.4, -0.2) is 53.5 Å². The van der Waals surface area contributed by atoms with Crippen LogP contribution >= 0.6 is 11.8 Å². The summed E-state index contributed by atoms with van der Waals surface area (Å²) in [7, 11) is 1.27. The van der Waals surface area contributed by atoms with Crippen LogP contribution in [0.25, 0.3) is 16.6 Å². The number of esters is 2. The minimum Gasteiger partial charge on any atom is -0.465 e. The van der Waals surface area contributed by atoms with Crippen molar-refractivity contribution in [1.82, 2.24) is 20.2 Å². The van der Waals surface area contributed by atoms with Gasteiger partial charge in [-0.15, -0.1) is 0 Å². The topological polar surface area (TPSA) is 129 Å². The van der Waals surface area contributed by atoms with E-state index in [2.05, 4.69) is 15.6 Å². The van der Waals surface area contributed by atoms with E-state index >= 15 is 0 Å². The largest absolute Gasteiger partial charge is 0.465 e. The fourth-order valence-electron chi connectivity index (χ4n) is 3.52. The van der Waals surface area contributed by atoms with E-state index < -0.39 is 18.0 Å². The summed E-state index contributed by atoms with van der Waals surface area (Å²) in [5.74, 6) is -0.940. The first kappa shape index (κ1) is 24.0. The van der Waals surface area contributed by atoms with Crippen molar-refractivity contribution in [3.63, 3.8) is 0 Å². The Bertz CT molecular complexity index is 1400. The van der Waals surface area contributed by atoms with E-state index in [-0.39, 0.29) is 30.0 Å². The Morgan fingerprint density at radius 2 is 1.89 bits per heavy atom. The molecule has 35 heavy (non-hydrogen) atoms. The van der Waals surface area contributed by atoms with Gasteiger partial charge < -0.3 is 20.1 Å². The number of amides is 2. The summed E-state index contributed by atoms with van der Waals surface area (Å²) in [6.45, 7) is 1.92. The van der Waals surface area contributed by atoms with Crippen molar-refractivity contribution < 1.29 is 23.9 Å². The number of fused-ring (bicyclic) bond motifs is 1. The second-order valence-electron chi connectivity index (χ2n) is 7.37. The van der Waals surface area contributed by atoms with Crippen molar-refractivity contribution in [2.24, 2.45) is 0 Å². The molecule has 0 bridgehead atoms. The van der Waals surface area contributed by atoms with Gasteiger partial charge in [0.05, 0.1) is 48.0 Å². The number of aromatic nitrogens is 2. The van der Waals surface area contributed by atoms with Gasteiger partial charge in [0.2, 0.25) is 0 Å². The first-order valence-electron chi connectivity index (χ1n) is 10.7. The molecule has 0 fully saturated rings. The molecule has 1 aromatic heterocycles. The third-order valence-corrected chi connectivity index (χ3v) is 6.16. The Kier molecular flexibility index (Phi) is 7.16. The number of para-hydroxylation sites is 1. The molecule has 0 atom stereocenters. The predicted octanol–water partition coefficient (Wildman–Crippen LogP) is 2.39. The molecule has 1 aliphatic rings. The third kappa shape index (κ3) is 5.04. The minimum absolute atomic E-state index is 0.0275. The number of nitrogens with zero attached hydrogens (tertiary/aromatic N) is 2. The van der Waals surface area contributed by atoms with Crippen LogP contribution in [0.1, 0.15) is 17.3 Å². The highest BCUT2D eigenvalue weighted by atomic mass is 32.2. The van der Waals surface area contributed by atoms with Crippen LogP contribution in [0.2, 0.25) is 0 Å². The first-order valence-corrected chi connectivity index (χ1v) is 11.7. The van der Waals surface area contributed by atoms with E-state index in [4.69, 9.17) is 9.47 Å². The van der Waals surface area contributed by atoms with Crippen LogP contribution in [0, 0.1) is 0 Å². The molecule has 4 rings (SSSR count). The van der Waals surface area contributed by atoms with Gasteiger partial charge >= 0.3 is 18.0 Å². The van der Waals surface area contributed by atoms with E-state index in [0.29, 0.717) is 33.0 Å². The highest BCUT2D eigenvalue weighted by Crippen LogP contribution is 2.25. The monoisotopic (exact) mass is 494 g/mol. The van der Waals surface area contributed by atoms with Crippen molar-refractivity contribution in [2.75, 3.05) is 26.0 Å². The summed E-state index contributed by atoms with van der Waals surface area (Å²) in [5, 5.41) is 5.86. The SMILES string of the molecule is CCOC(=O)C1=C(CSc2nc3cc(C(=O)OC)ccc3c(=O)n2-c2ccccc2)NC(=O)NC1. The lowest BCUT2D eigenvalue weighted by Crippen LogP contribution is -2.44. The summed E-state index contributed by atoms with van der Waals surface area (Å²) in [6.07, 6.45) is 0. The number of nitrogens with one attached hydrogen (secondary N) is 2. The third-order valence-electron chi connectivity index (χ3n) is 5.20. The van der Waals surface area contributed by atoms with Crippen LogP contribution in [0.15, 0.2) is 69.8 Å². The average Bonchev–Trinajstić information content (AvgIpc) is 2.87. The van der Waals surface area contributed by atoms with E-state index in [1.165, 1.54) is 35.6 Å². The second-order valence-corrected chi connectivity index (χ2v) is 8.31. The summed E-state index contributed by atoms with van der Waals surface area (Å²) in [6, 6.07) is 13.1. The van der Waals surface area contributed by atoms with Gasteiger partial charge in [-0.2, -0.15) is 0 Å². The molecule has 0 saturated heterocycles. The normalized spacial score (nSPS) is 13.3. The Morgan fingerprint density at radius 1 is 1.11 bits per heavy atom. The fourth-order valence-corrected chi connectivity index (χ4v) is 4.52. The zero-order chi connectivity index (χ0) is 24.9. The summed E-state index contributed by atoms with van der Waals surface area (Å²) >= 11 is 1.17. The lowest BCUT2D eigenvalue weighted by molar-refractivity contribution is -0.138. The van der Waals surface area contributed by atoms with E-state index in [1.807, 2.05) is 6.07 Å². The molecule has 0 saturated carbocycles. The maximum atomic E-state index is 13.5. The molecule has 2 amide bonds. The molecule has 180 valence electrons. The number of benzene rings is 2. The minimum atomic E-state index is -0.545. The van der Waals surface area contributed by atoms with Gasteiger partial charge in [-0.3, -0.25) is 9.36 Å². The summed E-state index contributed by atoms with van der Waals surface area (Å²) in [4.78, 5) is 54.4. The molecular weight excluding hydrogens is 472 g/mol. The highest BCUT2D eigenvalue weighted by Gasteiger charge is 2.24. The summed E-state index contributed by atoms with van der Waals surface area (Å²) in [5.41, 5.74) is 1.52. The van der Waals surface area contributed by atoms with Crippen LogP contribution in [0.3, 0.4) is 0 Å². The number of rotatable bonds is 7. The fraction of sp³-hybridized carbons (Fsp3) is 0.208. The van der Waals surface area contributed by atoms with E-state index in [1.54, 1.807) is 37.3 Å². The van der Waals surface area contributed by atoms with Crippen LogP contribution in [0.4, 0.5) is 4.79 Å². The highest BCUT2D eigenvalue weighted by molar-refractivity contribution is 7.99. The lowest BCUT2D eigenvalue weighted by Gasteiger charge is -2.21. The molecule has 0 aliphatic carbocycles. The number of hydrogen-bond donors (Lipinski definition) is 2. The molecule has 10 nitrogen and oxygen atoms in total. The van der Waals surface area contributed by atoms with Crippen molar-refractivity contribution in [3.8, 4) is 5.69 Å². The molecule has 0 spiro atoms. The zero-order valence-corrected chi connectivity index (χ0v) is 19.8. The maximum Gasteiger partial charge on any atom is 0.337 e. The van der Waals surface area contributed by atoms with E-state index in [0.717, 1.165) is 0 Å². The smallest absolute Gasteiger partial charge is 0.337 e. The molecule has 0 radical (unpaired) electrons. The van der Waals surface area contributed by atoms with Gasteiger partial charge in [-0.25, -0.2) is 19.4 Å². The Morgan fingerprint density at radius 3 is 2.60 bits per heavy atom. The number of thioether (sulfide) groups is 1. The summed E-state index contributed by atoms with van der Waals surface area (Å²) < 4.78 is 11.3. The number of carbonyl (C=O) groups excluding carboxylic acids is 3. The van der Waals surface area contributed by atoms with Crippen molar-refractivity contribution in [3.05, 3.63) is 75.7 Å². The number of ether oxygens (including phenoxy) is 2. The molecular formula is C24H22N4O6S. The second kappa shape index (κ2) is 10.4. The van der Waals surface area contributed by atoms with Gasteiger partial charge in [-0.05, 0) is 37.3 Å². The molecule has 0 unspecified atom stereocenters. The van der Waals surface area contributed by atoms with Gasteiger partial charge in [-0.1, -0.05) is 30.0 Å². The van der Waals surface area contributed by atoms with Gasteiger partial charge in [0.25, 0.3) is 5.56 Å². The van der Waals surface area contributed by atoms with E-state index in [9.17, 15) is 19.2 Å². The van der Waals surface area contributed by atoms with Crippen LogP contribution < -0.4 is 16.2 Å². The number of hydrogen-bond acceptors (Lipinski definition) is 8. The molecule has 2 N–H and O–H groups in total. The molecule has 3 aromatic rings. The number of carbonyl (C=O) groups is 3. The van der Waals surface area contributed by atoms with Crippen LogP contribution in [0.5, 0.6) is 0 Å². The predicted molar refractivity (Wildman–Crippen MR) is 130 cm³/mol. The zero-order valence-electron chi connectivity index (χ0n) is 19.0. The van der Waals surface area contributed by atoms with Gasteiger partial charge in [0, 0.05) is 11.4 Å². The van der Waals surface area contributed by atoms with Crippen molar-refractivity contribution >= 4 is 40.6 Å². The maximum absolute atomic E-state index is 13.5. The number of urea groups is 1. The Hall–Kier alpha value is -4.12. The van der Waals surface area contributed by atoms with Crippen LogP contribution in [-0.2, 0) is 14.3 Å². The first-order chi connectivity index (χ1) is 16.9. The number of methoxy groups -OCH3 is 1. The quantitative estimate of drug-likeness (QED) is 0.291. The Labute approximate surface area is 204 Å². The standard InChI is InChI=1S/C24H22N4O6S/c1-3-34-22(31)17-12-25-23(32)26-19(17)13-35-24-27-18-11-14(21(30)33-2)9-10-16(18)20(29)28(24)15-7-5-4-6-8-15/h4-11H,3,12-13H2,1-2H3,(H2,25,26,32). The molecule has 1 aliphatic heterocycles. The van der Waals surface area contributed by atoms with Crippen molar-refractivity contribution in [1.29, 1.82) is 0 Å². The molecule has 2 heterocycles. The lowest BCUT2D eigenvalue weighted by atomic mass is 10.1. The van der Waals surface area contributed by atoms with Gasteiger partial charge in [0.1, 0.15) is 0 Å². The Balaban J connectivity index is 1.81. The van der Waals surface area contributed by atoms with Gasteiger partial charge in [0.15, 0.2) is 5.16 Å². The molecule has 11 heteroatoms. The average molecular weight is 495 g/mol. The van der Waals surface area contributed by atoms with Crippen molar-refractivity contribution in [2.45, 2.75) is 12.1 Å². The molecule has 2 aromatic carbocycles.